The normalized spacial score (nSPS) is 14.5. The summed E-state index contributed by atoms with van der Waals surface area (Å²) in [6.45, 7) is 6.46. The molecular formula is C13H27NO2. The third kappa shape index (κ3) is 5.50. The van der Waals surface area contributed by atoms with Gasteiger partial charge >= 0.3 is 5.97 Å². The monoisotopic (exact) mass is 229 g/mol. The van der Waals surface area contributed by atoms with Gasteiger partial charge in [-0.2, -0.15) is 0 Å². The summed E-state index contributed by atoms with van der Waals surface area (Å²) in [7, 11) is 0. The van der Waals surface area contributed by atoms with Crippen molar-refractivity contribution in [2.75, 3.05) is 6.61 Å². The average molecular weight is 229 g/mol. The fourth-order valence-electron chi connectivity index (χ4n) is 1.92. The van der Waals surface area contributed by atoms with Gasteiger partial charge in [0.2, 0.25) is 0 Å². The third-order valence-corrected chi connectivity index (χ3v) is 2.85. The van der Waals surface area contributed by atoms with Gasteiger partial charge in [-0.05, 0) is 19.8 Å². The van der Waals surface area contributed by atoms with Gasteiger partial charge in [0, 0.05) is 0 Å². The zero-order valence-corrected chi connectivity index (χ0v) is 11.1. The first-order valence-electron chi connectivity index (χ1n) is 6.56. The van der Waals surface area contributed by atoms with E-state index in [0.29, 0.717) is 6.61 Å². The van der Waals surface area contributed by atoms with Crippen molar-refractivity contribution in [2.45, 2.75) is 71.3 Å². The number of esters is 1. The molecule has 0 aliphatic rings. The Balaban J connectivity index is 4.15. The first kappa shape index (κ1) is 15.4. The number of carbonyl (C=O) groups excluding carboxylic acids is 1. The van der Waals surface area contributed by atoms with Crippen LogP contribution in [0, 0.1) is 0 Å². The zero-order chi connectivity index (χ0) is 12.4. The summed E-state index contributed by atoms with van der Waals surface area (Å²) in [5, 5.41) is 0. The summed E-state index contributed by atoms with van der Waals surface area (Å²) < 4.78 is 5.05. The lowest BCUT2D eigenvalue weighted by atomic mass is 9.88. The van der Waals surface area contributed by atoms with E-state index in [4.69, 9.17) is 10.5 Å². The van der Waals surface area contributed by atoms with Crippen LogP contribution >= 0.6 is 0 Å². The molecule has 0 heterocycles. The second kappa shape index (κ2) is 8.57. The molecule has 0 aromatic heterocycles. The Morgan fingerprint density at radius 3 is 2.25 bits per heavy atom. The Morgan fingerprint density at radius 2 is 1.75 bits per heavy atom. The van der Waals surface area contributed by atoms with Gasteiger partial charge in [0.25, 0.3) is 0 Å². The standard InChI is InChI=1S/C13H27NO2/c1-4-7-8-9-11-13(14,10-5-2)12(15)16-6-3/h4-11,14H2,1-3H3/t13-/m0/s1. The molecule has 0 aliphatic carbocycles. The molecule has 0 unspecified atom stereocenters. The molecule has 0 radical (unpaired) electrons. The number of rotatable bonds is 9. The van der Waals surface area contributed by atoms with Gasteiger partial charge in [-0.1, -0.05) is 46.0 Å². The van der Waals surface area contributed by atoms with Crippen LogP contribution in [0.2, 0.25) is 0 Å². The topological polar surface area (TPSA) is 52.3 Å². The predicted octanol–water partition coefficient (Wildman–Crippen LogP) is 3.02. The molecule has 0 saturated carbocycles. The highest BCUT2D eigenvalue weighted by Crippen LogP contribution is 2.20. The summed E-state index contributed by atoms with van der Waals surface area (Å²) >= 11 is 0. The maximum Gasteiger partial charge on any atom is 0.326 e. The van der Waals surface area contributed by atoms with Crippen LogP contribution in [0.4, 0.5) is 0 Å². The van der Waals surface area contributed by atoms with Crippen LogP contribution in [0.5, 0.6) is 0 Å². The van der Waals surface area contributed by atoms with E-state index in [1.165, 1.54) is 12.8 Å². The lowest BCUT2D eigenvalue weighted by Crippen LogP contribution is -2.49. The minimum absolute atomic E-state index is 0.228. The van der Waals surface area contributed by atoms with Crippen molar-refractivity contribution >= 4 is 5.97 Å². The fraction of sp³-hybridized carbons (Fsp3) is 0.923. The highest BCUT2D eigenvalue weighted by Gasteiger charge is 2.33. The molecule has 2 N–H and O–H groups in total. The molecule has 3 heteroatoms. The molecule has 16 heavy (non-hydrogen) atoms. The van der Waals surface area contributed by atoms with Crippen molar-refractivity contribution in [1.82, 2.24) is 0 Å². The molecule has 0 rings (SSSR count). The van der Waals surface area contributed by atoms with Crippen molar-refractivity contribution in [3.05, 3.63) is 0 Å². The van der Waals surface area contributed by atoms with Crippen molar-refractivity contribution < 1.29 is 9.53 Å². The average Bonchev–Trinajstić information content (AvgIpc) is 2.25. The number of hydrogen-bond donors (Lipinski definition) is 1. The number of carbonyl (C=O) groups is 1. The van der Waals surface area contributed by atoms with Crippen molar-refractivity contribution in [3.63, 3.8) is 0 Å². The molecule has 96 valence electrons. The van der Waals surface area contributed by atoms with E-state index >= 15 is 0 Å². The number of nitrogens with two attached hydrogens (primary N) is 1. The van der Waals surface area contributed by atoms with E-state index in [1.807, 2.05) is 13.8 Å². The minimum Gasteiger partial charge on any atom is -0.465 e. The van der Waals surface area contributed by atoms with E-state index in [-0.39, 0.29) is 5.97 Å². The fourth-order valence-corrected chi connectivity index (χ4v) is 1.92. The Morgan fingerprint density at radius 1 is 1.06 bits per heavy atom. The lowest BCUT2D eigenvalue weighted by molar-refractivity contribution is -0.150. The van der Waals surface area contributed by atoms with Crippen LogP contribution in [0.3, 0.4) is 0 Å². The molecule has 1 atom stereocenters. The molecule has 0 bridgehead atoms. The zero-order valence-electron chi connectivity index (χ0n) is 11.1. The van der Waals surface area contributed by atoms with Crippen molar-refractivity contribution in [3.8, 4) is 0 Å². The van der Waals surface area contributed by atoms with Crippen LogP contribution in [0.25, 0.3) is 0 Å². The largest absolute Gasteiger partial charge is 0.465 e. The molecule has 0 amide bonds. The molecule has 3 nitrogen and oxygen atoms in total. The first-order valence-corrected chi connectivity index (χ1v) is 6.56. The molecule has 0 aromatic rings. The quantitative estimate of drug-likeness (QED) is 0.488. The van der Waals surface area contributed by atoms with Gasteiger partial charge in [-0.25, -0.2) is 0 Å². The third-order valence-electron chi connectivity index (χ3n) is 2.85. The first-order chi connectivity index (χ1) is 7.60. The van der Waals surface area contributed by atoms with E-state index in [1.54, 1.807) is 0 Å². The number of ether oxygens (including phenoxy) is 1. The summed E-state index contributed by atoms with van der Waals surface area (Å²) in [5.74, 6) is -0.228. The van der Waals surface area contributed by atoms with Gasteiger partial charge in [0.1, 0.15) is 5.54 Å². The van der Waals surface area contributed by atoms with E-state index in [9.17, 15) is 4.79 Å². The molecule has 0 spiro atoms. The summed E-state index contributed by atoms with van der Waals surface area (Å²) in [4.78, 5) is 11.8. The second-order valence-electron chi connectivity index (χ2n) is 4.44. The maximum absolute atomic E-state index is 11.8. The molecule has 0 aliphatic heterocycles. The van der Waals surface area contributed by atoms with E-state index < -0.39 is 5.54 Å². The molecule has 0 aromatic carbocycles. The summed E-state index contributed by atoms with van der Waals surface area (Å²) in [6, 6.07) is 0. The Labute approximate surface area is 99.7 Å². The molecule has 0 fully saturated rings. The highest BCUT2D eigenvalue weighted by atomic mass is 16.5. The van der Waals surface area contributed by atoms with Gasteiger partial charge in [-0.15, -0.1) is 0 Å². The maximum atomic E-state index is 11.8. The number of hydrogen-bond acceptors (Lipinski definition) is 3. The second-order valence-corrected chi connectivity index (χ2v) is 4.44. The summed E-state index contributed by atoms with van der Waals surface area (Å²) in [6.07, 6.45) is 6.97. The van der Waals surface area contributed by atoms with Crippen molar-refractivity contribution in [2.24, 2.45) is 5.73 Å². The van der Waals surface area contributed by atoms with Crippen molar-refractivity contribution in [1.29, 1.82) is 0 Å². The Bertz CT molecular complexity index is 194. The van der Waals surface area contributed by atoms with Gasteiger partial charge in [-0.3, -0.25) is 4.79 Å². The SMILES string of the molecule is CCCCCC[C@@](N)(CCC)C(=O)OCC. The van der Waals surface area contributed by atoms with Crippen LogP contribution in [0.1, 0.15) is 65.7 Å². The van der Waals surface area contributed by atoms with E-state index in [2.05, 4.69) is 6.92 Å². The van der Waals surface area contributed by atoms with Crippen LogP contribution < -0.4 is 5.73 Å². The lowest BCUT2D eigenvalue weighted by Gasteiger charge is -2.26. The van der Waals surface area contributed by atoms with E-state index in [0.717, 1.165) is 32.1 Å². The van der Waals surface area contributed by atoms with Crippen LogP contribution in [0.15, 0.2) is 0 Å². The minimum atomic E-state index is -0.751. The van der Waals surface area contributed by atoms with Gasteiger partial charge < -0.3 is 10.5 Å². The summed E-state index contributed by atoms with van der Waals surface area (Å²) in [5.41, 5.74) is 5.39. The molecular weight excluding hydrogens is 202 g/mol. The van der Waals surface area contributed by atoms with Gasteiger partial charge in [0.05, 0.1) is 6.61 Å². The predicted molar refractivity (Wildman–Crippen MR) is 67.2 cm³/mol. The molecule has 0 saturated heterocycles. The van der Waals surface area contributed by atoms with Crippen LogP contribution in [-0.2, 0) is 9.53 Å². The van der Waals surface area contributed by atoms with Crippen LogP contribution in [-0.4, -0.2) is 18.1 Å². The number of unbranched alkanes of at least 4 members (excludes halogenated alkanes) is 3. The Kier molecular flexibility index (Phi) is 8.26. The Hall–Kier alpha value is -0.570. The highest BCUT2D eigenvalue weighted by molar-refractivity contribution is 5.80. The van der Waals surface area contributed by atoms with Gasteiger partial charge in [0.15, 0.2) is 0 Å². The smallest absolute Gasteiger partial charge is 0.326 e.